The predicted octanol–water partition coefficient (Wildman–Crippen LogP) is 1.85. The van der Waals surface area contributed by atoms with Gasteiger partial charge >= 0.3 is 0 Å². The average molecular weight is 329 g/mol. The summed E-state index contributed by atoms with van der Waals surface area (Å²) in [6, 6.07) is 4.94. The van der Waals surface area contributed by atoms with Gasteiger partial charge in [0.15, 0.2) is 5.65 Å². The fourth-order valence-electron chi connectivity index (χ4n) is 2.95. The largest absolute Gasteiger partial charge is 0.481 e. The summed E-state index contributed by atoms with van der Waals surface area (Å²) in [5, 5.41) is 4.15. The highest BCUT2D eigenvalue weighted by atomic mass is 19.1. The summed E-state index contributed by atoms with van der Waals surface area (Å²) < 4.78 is 26.3. The van der Waals surface area contributed by atoms with Crippen LogP contribution in [-0.4, -0.2) is 46.5 Å². The first-order valence-corrected chi connectivity index (χ1v) is 7.60. The molecule has 3 aromatic heterocycles. The number of nitrogens with zero attached hydrogens (tertiary/aromatic N) is 5. The van der Waals surface area contributed by atoms with Gasteiger partial charge in [0.2, 0.25) is 5.88 Å². The Bertz CT molecular complexity index is 869. The molecule has 1 aliphatic rings. The van der Waals surface area contributed by atoms with Crippen molar-refractivity contribution in [2.75, 3.05) is 31.8 Å². The van der Waals surface area contributed by atoms with E-state index in [-0.39, 0.29) is 6.04 Å². The normalized spacial score (nSPS) is 18.1. The highest BCUT2D eigenvalue weighted by Gasteiger charge is 2.29. The van der Waals surface area contributed by atoms with Crippen molar-refractivity contribution in [3.63, 3.8) is 0 Å². The minimum absolute atomic E-state index is 0.227. The standard InChI is InChI=1S/C16H16FN5O2/c1-23-16-12(8-11(17)9-18-16)13-10-24-7-6-21(13)14-3-5-22-15(20-14)2-4-19-22/h2-5,8-9,13H,6-7,10H2,1H3. The fraction of sp³-hybridized carbons (Fsp3) is 0.312. The molecule has 0 saturated carbocycles. The molecule has 0 aliphatic carbocycles. The molecule has 0 bridgehead atoms. The van der Waals surface area contributed by atoms with Crippen LogP contribution in [0.25, 0.3) is 5.65 Å². The van der Waals surface area contributed by atoms with Gasteiger partial charge in [-0.25, -0.2) is 18.9 Å². The van der Waals surface area contributed by atoms with E-state index in [9.17, 15) is 4.39 Å². The van der Waals surface area contributed by atoms with Crippen molar-refractivity contribution in [3.8, 4) is 5.88 Å². The number of anilines is 1. The molecule has 1 aliphatic heterocycles. The number of methoxy groups -OCH3 is 1. The number of hydrogen-bond donors (Lipinski definition) is 0. The molecule has 4 heterocycles. The topological polar surface area (TPSA) is 64.8 Å². The van der Waals surface area contributed by atoms with Gasteiger partial charge in [-0.3, -0.25) is 0 Å². The van der Waals surface area contributed by atoms with Gasteiger partial charge in [0.05, 0.1) is 38.8 Å². The number of hydrogen-bond acceptors (Lipinski definition) is 6. The van der Waals surface area contributed by atoms with Crippen molar-refractivity contribution in [1.82, 2.24) is 19.6 Å². The molecule has 24 heavy (non-hydrogen) atoms. The van der Waals surface area contributed by atoms with E-state index in [1.807, 2.05) is 18.3 Å². The average Bonchev–Trinajstić information content (AvgIpc) is 3.09. The minimum atomic E-state index is -0.407. The summed E-state index contributed by atoms with van der Waals surface area (Å²) >= 11 is 0. The SMILES string of the molecule is COc1ncc(F)cc1C1COCCN1c1ccn2nccc2n1. The molecule has 7 nitrogen and oxygen atoms in total. The summed E-state index contributed by atoms with van der Waals surface area (Å²) in [5.41, 5.74) is 1.40. The van der Waals surface area contributed by atoms with E-state index in [1.165, 1.54) is 13.2 Å². The first kappa shape index (κ1) is 14.8. The molecule has 1 fully saturated rings. The van der Waals surface area contributed by atoms with Gasteiger partial charge in [0.1, 0.15) is 11.6 Å². The molecule has 1 atom stereocenters. The van der Waals surface area contributed by atoms with Crippen molar-refractivity contribution in [2.24, 2.45) is 0 Å². The smallest absolute Gasteiger partial charge is 0.218 e. The van der Waals surface area contributed by atoms with Crippen molar-refractivity contribution < 1.29 is 13.9 Å². The van der Waals surface area contributed by atoms with E-state index >= 15 is 0 Å². The molecule has 1 unspecified atom stereocenters. The molecule has 0 amide bonds. The van der Waals surface area contributed by atoms with E-state index in [0.717, 1.165) is 17.7 Å². The zero-order valence-electron chi connectivity index (χ0n) is 13.1. The lowest BCUT2D eigenvalue weighted by Gasteiger charge is -2.37. The van der Waals surface area contributed by atoms with E-state index in [1.54, 1.807) is 10.7 Å². The van der Waals surface area contributed by atoms with Crippen molar-refractivity contribution in [3.05, 3.63) is 48.2 Å². The number of morpholine rings is 1. The quantitative estimate of drug-likeness (QED) is 0.731. The molecular formula is C16H16FN5O2. The van der Waals surface area contributed by atoms with Crippen LogP contribution in [-0.2, 0) is 4.74 Å². The molecule has 4 rings (SSSR count). The van der Waals surface area contributed by atoms with E-state index < -0.39 is 5.82 Å². The molecule has 124 valence electrons. The van der Waals surface area contributed by atoms with Gasteiger partial charge in [0.25, 0.3) is 0 Å². The van der Waals surface area contributed by atoms with Crippen molar-refractivity contribution >= 4 is 11.5 Å². The summed E-state index contributed by atoms with van der Waals surface area (Å²) in [5.74, 6) is 0.764. The zero-order valence-corrected chi connectivity index (χ0v) is 13.1. The third-order valence-electron chi connectivity index (χ3n) is 4.06. The Labute approximate surface area is 137 Å². The van der Waals surface area contributed by atoms with Gasteiger partial charge in [0, 0.05) is 24.4 Å². The van der Waals surface area contributed by atoms with Crippen LogP contribution < -0.4 is 9.64 Å². The fourth-order valence-corrected chi connectivity index (χ4v) is 2.95. The van der Waals surface area contributed by atoms with Gasteiger partial charge in [-0.1, -0.05) is 0 Å². The number of halogens is 1. The van der Waals surface area contributed by atoms with Crippen molar-refractivity contribution in [1.29, 1.82) is 0 Å². The monoisotopic (exact) mass is 329 g/mol. The maximum absolute atomic E-state index is 13.7. The van der Waals surface area contributed by atoms with Crippen LogP contribution in [0.5, 0.6) is 5.88 Å². The maximum Gasteiger partial charge on any atom is 0.218 e. The lowest BCUT2D eigenvalue weighted by Crippen LogP contribution is -2.40. The van der Waals surface area contributed by atoms with Gasteiger partial charge in [-0.15, -0.1) is 0 Å². The number of fused-ring (bicyclic) bond motifs is 1. The maximum atomic E-state index is 13.7. The van der Waals surface area contributed by atoms with Crippen molar-refractivity contribution in [2.45, 2.75) is 6.04 Å². The van der Waals surface area contributed by atoms with Crippen LogP contribution in [0.15, 0.2) is 36.8 Å². The molecule has 0 spiro atoms. The number of pyridine rings is 1. The molecule has 0 aromatic carbocycles. The summed E-state index contributed by atoms with van der Waals surface area (Å²) in [7, 11) is 1.52. The highest BCUT2D eigenvalue weighted by molar-refractivity contribution is 5.50. The number of ether oxygens (including phenoxy) is 2. The van der Waals surface area contributed by atoms with Crippen LogP contribution in [0.1, 0.15) is 11.6 Å². The molecule has 0 N–H and O–H groups in total. The van der Waals surface area contributed by atoms with E-state index in [0.29, 0.717) is 31.2 Å². The van der Waals surface area contributed by atoms with Gasteiger partial charge < -0.3 is 14.4 Å². The molecule has 1 saturated heterocycles. The lowest BCUT2D eigenvalue weighted by molar-refractivity contribution is 0.0926. The second-order valence-electron chi connectivity index (χ2n) is 5.46. The molecule has 8 heteroatoms. The summed E-state index contributed by atoms with van der Waals surface area (Å²) in [6.07, 6.45) is 4.70. The Kier molecular flexibility index (Phi) is 3.73. The number of aromatic nitrogens is 4. The van der Waals surface area contributed by atoms with Gasteiger partial charge in [-0.05, 0) is 12.1 Å². The minimum Gasteiger partial charge on any atom is -0.481 e. The zero-order chi connectivity index (χ0) is 16.5. The Morgan fingerprint density at radius 2 is 2.29 bits per heavy atom. The number of rotatable bonds is 3. The predicted molar refractivity (Wildman–Crippen MR) is 84.6 cm³/mol. The Morgan fingerprint density at radius 3 is 3.17 bits per heavy atom. The molecular weight excluding hydrogens is 313 g/mol. The first-order valence-electron chi connectivity index (χ1n) is 7.60. The summed E-state index contributed by atoms with van der Waals surface area (Å²) in [4.78, 5) is 10.7. The third-order valence-corrected chi connectivity index (χ3v) is 4.06. The lowest BCUT2D eigenvalue weighted by atomic mass is 10.1. The highest BCUT2D eigenvalue weighted by Crippen LogP contribution is 2.33. The van der Waals surface area contributed by atoms with E-state index in [2.05, 4.69) is 20.0 Å². The third kappa shape index (κ3) is 2.54. The van der Waals surface area contributed by atoms with Crippen LogP contribution in [0.3, 0.4) is 0 Å². The Hall–Kier alpha value is -2.74. The second kappa shape index (κ2) is 6.04. The first-order chi connectivity index (χ1) is 11.8. The van der Waals surface area contributed by atoms with Crippen LogP contribution >= 0.6 is 0 Å². The van der Waals surface area contributed by atoms with Crippen LogP contribution in [0.4, 0.5) is 10.2 Å². The van der Waals surface area contributed by atoms with Crippen LogP contribution in [0, 0.1) is 5.82 Å². The Balaban J connectivity index is 1.76. The van der Waals surface area contributed by atoms with E-state index in [4.69, 9.17) is 9.47 Å². The Morgan fingerprint density at radius 1 is 1.38 bits per heavy atom. The molecule has 3 aromatic rings. The van der Waals surface area contributed by atoms with Gasteiger partial charge in [-0.2, -0.15) is 5.10 Å². The van der Waals surface area contributed by atoms with Crippen LogP contribution in [0.2, 0.25) is 0 Å². The second-order valence-corrected chi connectivity index (χ2v) is 5.46. The molecule has 0 radical (unpaired) electrons. The summed E-state index contributed by atoms with van der Waals surface area (Å²) in [6.45, 7) is 1.63.